The quantitative estimate of drug-likeness (QED) is 0.749. The van der Waals surface area contributed by atoms with Crippen LogP contribution in [-0.2, 0) is 19.7 Å². The molecule has 0 saturated carbocycles. The molecule has 5 nitrogen and oxygen atoms in total. The van der Waals surface area contributed by atoms with Crippen LogP contribution in [-0.4, -0.2) is 39.2 Å². The third kappa shape index (κ3) is 4.13. The Morgan fingerprint density at radius 1 is 1.38 bits per heavy atom. The van der Waals surface area contributed by atoms with Crippen LogP contribution < -0.4 is 5.32 Å². The summed E-state index contributed by atoms with van der Waals surface area (Å²) in [6.45, 7) is 5.47. The first-order valence-electron chi connectivity index (χ1n) is 8.42. The summed E-state index contributed by atoms with van der Waals surface area (Å²) in [5, 5.41) is 25.3. The number of thiophene rings is 1. The number of aliphatic hydroxyl groups is 1. The van der Waals surface area contributed by atoms with Crippen LogP contribution in [0.4, 0.5) is 0 Å². The van der Waals surface area contributed by atoms with Crippen molar-refractivity contribution in [2.45, 2.75) is 45.5 Å². The minimum atomic E-state index is -0.100. The molecule has 3 rings (SSSR count). The first kappa shape index (κ1) is 17.4. The van der Waals surface area contributed by atoms with Crippen molar-refractivity contribution in [3.05, 3.63) is 45.4 Å². The molecule has 0 radical (unpaired) electrons. The maximum Gasteiger partial charge on any atom is 0.141 e. The van der Waals surface area contributed by atoms with Crippen molar-refractivity contribution in [3.8, 4) is 5.75 Å². The van der Waals surface area contributed by atoms with Gasteiger partial charge in [-0.2, -0.15) is 0 Å². The van der Waals surface area contributed by atoms with E-state index < -0.39 is 0 Å². The lowest BCUT2D eigenvalue weighted by molar-refractivity contribution is 0.191. The summed E-state index contributed by atoms with van der Waals surface area (Å²) >= 11 is 1.82. The average molecular weight is 347 g/mol. The van der Waals surface area contributed by atoms with E-state index in [0.29, 0.717) is 23.8 Å². The van der Waals surface area contributed by atoms with Crippen molar-refractivity contribution in [2.24, 2.45) is 0 Å². The molecule has 0 bridgehead atoms. The van der Waals surface area contributed by atoms with E-state index in [1.807, 2.05) is 11.3 Å². The first-order chi connectivity index (χ1) is 11.7. The number of piperidine rings is 1. The Kier molecular flexibility index (Phi) is 5.84. The molecule has 3 N–H and O–H groups in total. The lowest BCUT2D eigenvalue weighted by atomic mass is 10.0. The number of nitrogens with one attached hydrogen (secondary N) is 1. The molecule has 1 aliphatic rings. The maximum absolute atomic E-state index is 10.2. The number of likely N-dealkylation sites (tertiary alicyclic amines) is 1. The number of hydrogen-bond acceptors (Lipinski definition) is 6. The molecule has 2 aromatic heterocycles. The Bertz CT molecular complexity index is 653. The van der Waals surface area contributed by atoms with Crippen molar-refractivity contribution in [2.75, 3.05) is 13.1 Å². The molecule has 1 saturated heterocycles. The molecule has 0 amide bonds. The second kappa shape index (κ2) is 8.07. The molecule has 2 aromatic rings. The standard InChI is InChI=1S/C18H25N3O2S/c1-13-18(23)17(14(12-22)9-19-13)10-20-15-4-6-21(7-5-15)11-16-3-2-8-24-16/h2-3,8-9,15,20,22-23H,4-7,10-12H2,1H3. The number of pyridine rings is 1. The fourth-order valence-corrected chi connectivity index (χ4v) is 3.93. The van der Waals surface area contributed by atoms with Gasteiger partial charge in [-0.05, 0) is 44.3 Å². The van der Waals surface area contributed by atoms with Crippen LogP contribution in [0.1, 0.15) is 34.5 Å². The van der Waals surface area contributed by atoms with Crippen LogP contribution in [0.5, 0.6) is 5.75 Å². The summed E-state index contributed by atoms with van der Waals surface area (Å²) in [4.78, 5) is 8.03. The number of aromatic nitrogens is 1. The number of aromatic hydroxyl groups is 1. The number of nitrogens with zero attached hydrogens (tertiary/aromatic N) is 2. The van der Waals surface area contributed by atoms with Crippen LogP contribution in [0.3, 0.4) is 0 Å². The molecule has 1 aliphatic heterocycles. The number of hydrogen-bond donors (Lipinski definition) is 3. The van der Waals surface area contributed by atoms with Crippen LogP contribution >= 0.6 is 11.3 Å². The van der Waals surface area contributed by atoms with Gasteiger partial charge >= 0.3 is 0 Å². The lowest BCUT2D eigenvalue weighted by Crippen LogP contribution is -2.41. The van der Waals surface area contributed by atoms with Gasteiger partial charge < -0.3 is 15.5 Å². The maximum atomic E-state index is 10.2. The van der Waals surface area contributed by atoms with Crippen LogP contribution in [0.25, 0.3) is 0 Å². The van der Waals surface area contributed by atoms with Crippen molar-refractivity contribution in [1.29, 1.82) is 0 Å². The highest BCUT2D eigenvalue weighted by Gasteiger charge is 2.20. The Labute approximate surface area is 147 Å². The molecular formula is C18H25N3O2S. The number of aryl methyl sites for hydroxylation is 1. The number of rotatable bonds is 6. The first-order valence-corrected chi connectivity index (χ1v) is 9.30. The van der Waals surface area contributed by atoms with Gasteiger partial charge in [0.1, 0.15) is 5.75 Å². The van der Waals surface area contributed by atoms with E-state index in [2.05, 4.69) is 32.7 Å². The van der Waals surface area contributed by atoms with Gasteiger partial charge in [0.25, 0.3) is 0 Å². The van der Waals surface area contributed by atoms with E-state index in [1.165, 1.54) is 4.88 Å². The van der Waals surface area contributed by atoms with Gasteiger partial charge in [0, 0.05) is 41.3 Å². The minimum Gasteiger partial charge on any atom is -0.506 e. The summed E-state index contributed by atoms with van der Waals surface area (Å²) in [5.41, 5.74) is 2.07. The predicted molar refractivity (Wildman–Crippen MR) is 96.0 cm³/mol. The van der Waals surface area contributed by atoms with Crippen molar-refractivity contribution in [3.63, 3.8) is 0 Å². The van der Waals surface area contributed by atoms with Crippen molar-refractivity contribution >= 4 is 11.3 Å². The van der Waals surface area contributed by atoms with Crippen molar-refractivity contribution in [1.82, 2.24) is 15.2 Å². The minimum absolute atomic E-state index is 0.100. The summed E-state index contributed by atoms with van der Waals surface area (Å²) in [6.07, 6.45) is 3.85. The summed E-state index contributed by atoms with van der Waals surface area (Å²) in [5.74, 6) is 0.198. The van der Waals surface area contributed by atoms with E-state index in [0.717, 1.165) is 38.0 Å². The van der Waals surface area contributed by atoms with Gasteiger partial charge in [-0.15, -0.1) is 11.3 Å². The molecule has 0 aliphatic carbocycles. The average Bonchev–Trinajstić information content (AvgIpc) is 3.10. The van der Waals surface area contributed by atoms with Gasteiger partial charge in [0.05, 0.1) is 12.3 Å². The van der Waals surface area contributed by atoms with Crippen LogP contribution in [0.2, 0.25) is 0 Å². The van der Waals surface area contributed by atoms with E-state index in [-0.39, 0.29) is 12.4 Å². The van der Waals surface area contributed by atoms with E-state index in [4.69, 9.17) is 0 Å². The fraction of sp³-hybridized carbons (Fsp3) is 0.500. The summed E-state index contributed by atoms with van der Waals surface area (Å²) < 4.78 is 0. The third-order valence-corrected chi connectivity index (χ3v) is 5.58. The Morgan fingerprint density at radius 2 is 2.17 bits per heavy atom. The van der Waals surface area contributed by atoms with Gasteiger partial charge in [0.2, 0.25) is 0 Å². The molecule has 0 spiro atoms. The smallest absolute Gasteiger partial charge is 0.141 e. The molecule has 130 valence electrons. The monoisotopic (exact) mass is 347 g/mol. The molecule has 0 atom stereocenters. The molecule has 1 fully saturated rings. The van der Waals surface area contributed by atoms with Gasteiger partial charge in [-0.25, -0.2) is 0 Å². The van der Waals surface area contributed by atoms with Gasteiger partial charge in [-0.3, -0.25) is 9.88 Å². The number of aliphatic hydroxyl groups excluding tert-OH is 1. The fourth-order valence-electron chi connectivity index (χ4n) is 3.18. The molecule has 3 heterocycles. The Balaban J connectivity index is 1.51. The molecule has 6 heteroatoms. The zero-order chi connectivity index (χ0) is 16.9. The second-order valence-corrected chi connectivity index (χ2v) is 7.40. The zero-order valence-corrected chi connectivity index (χ0v) is 14.9. The summed E-state index contributed by atoms with van der Waals surface area (Å²) in [6, 6.07) is 4.75. The highest BCUT2D eigenvalue weighted by atomic mass is 32.1. The zero-order valence-electron chi connectivity index (χ0n) is 14.0. The van der Waals surface area contributed by atoms with Crippen LogP contribution in [0, 0.1) is 6.92 Å². The van der Waals surface area contributed by atoms with Crippen molar-refractivity contribution < 1.29 is 10.2 Å². The molecule has 0 unspecified atom stereocenters. The van der Waals surface area contributed by atoms with Gasteiger partial charge in [0.15, 0.2) is 0 Å². The highest BCUT2D eigenvalue weighted by molar-refractivity contribution is 7.09. The largest absolute Gasteiger partial charge is 0.506 e. The van der Waals surface area contributed by atoms with E-state index in [9.17, 15) is 10.2 Å². The molecule has 0 aromatic carbocycles. The molecule has 24 heavy (non-hydrogen) atoms. The highest BCUT2D eigenvalue weighted by Crippen LogP contribution is 2.24. The topological polar surface area (TPSA) is 68.6 Å². The predicted octanol–water partition coefficient (Wildman–Crippen LogP) is 2.40. The summed E-state index contributed by atoms with van der Waals surface area (Å²) in [7, 11) is 0. The Hall–Kier alpha value is -1.47. The van der Waals surface area contributed by atoms with E-state index in [1.54, 1.807) is 13.1 Å². The SMILES string of the molecule is Cc1ncc(CO)c(CNC2CCN(Cc3cccs3)CC2)c1O. The van der Waals surface area contributed by atoms with E-state index >= 15 is 0 Å². The molecular weight excluding hydrogens is 322 g/mol. The normalized spacial score (nSPS) is 16.6. The lowest BCUT2D eigenvalue weighted by Gasteiger charge is -2.32. The third-order valence-electron chi connectivity index (χ3n) is 4.72. The Morgan fingerprint density at radius 3 is 2.83 bits per heavy atom. The van der Waals surface area contributed by atoms with Crippen LogP contribution in [0.15, 0.2) is 23.7 Å². The van der Waals surface area contributed by atoms with Gasteiger partial charge in [-0.1, -0.05) is 6.07 Å². The second-order valence-electron chi connectivity index (χ2n) is 6.36.